The van der Waals surface area contributed by atoms with E-state index in [-0.39, 0.29) is 19.8 Å². The summed E-state index contributed by atoms with van der Waals surface area (Å²) in [7, 11) is 0. The summed E-state index contributed by atoms with van der Waals surface area (Å²) >= 11 is 0. The van der Waals surface area contributed by atoms with Crippen molar-refractivity contribution in [1.29, 1.82) is 0 Å². The van der Waals surface area contributed by atoms with Gasteiger partial charge in [0.2, 0.25) is 5.78 Å². The molecular weight excluding hydrogens is 460 g/mol. The number of hydrogen-bond acceptors (Lipinski definition) is 7. The van der Waals surface area contributed by atoms with Crippen LogP contribution in [0.15, 0.2) is 91.0 Å². The fraction of sp³-hybridized carbons (Fsp3) is 0.310. The molecule has 4 rings (SSSR count). The third-order valence-electron chi connectivity index (χ3n) is 5.97. The predicted molar refractivity (Wildman–Crippen MR) is 132 cm³/mol. The van der Waals surface area contributed by atoms with Crippen LogP contribution in [0, 0.1) is 0 Å². The maximum atomic E-state index is 13.4. The van der Waals surface area contributed by atoms with Gasteiger partial charge in [-0.25, -0.2) is 0 Å². The quantitative estimate of drug-likeness (QED) is 0.434. The van der Waals surface area contributed by atoms with Gasteiger partial charge in [-0.05, 0) is 16.7 Å². The van der Waals surface area contributed by atoms with E-state index in [2.05, 4.69) is 0 Å². The SMILES string of the molecule is CC(=O)O[C@H]1C(=O)[C@@H](OCc2ccccc2)[C@H](OCc2ccccc2)[C@@H](OCc2ccccc2)[C@H]1O. The molecule has 0 amide bonds. The lowest BCUT2D eigenvalue weighted by Gasteiger charge is -2.42. The Kier molecular flexibility index (Phi) is 8.97. The van der Waals surface area contributed by atoms with Crippen molar-refractivity contribution >= 4 is 11.8 Å². The van der Waals surface area contributed by atoms with Gasteiger partial charge in [0.15, 0.2) is 6.10 Å². The Morgan fingerprint density at radius 3 is 1.53 bits per heavy atom. The lowest BCUT2D eigenvalue weighted by atomic mass is 9.85. The molecule has 1 aliphatic rings. The first-order valence-corrected chi connectivity index (χ1v) is 11.9. The highest BCUT2D eigenvalue weighted by molar-refractivity contribution is 5.91. The summed E-state index contributed by atoms with van der Waals surface area (Å²) < 4.78 is 23.6. The molecule has 1 aliphatic carbocycles. The highest BCUT2D eigenvalue weighted by Gasteiger charge is 2.53. The highest BCUT2D eigenvalue weighted by atomic mass is 16.6. The number of Topliss-reactive ketones (excluding diaryl/α,β-unsaturated/α-hetero) is 1. The van der Waals surface area contributed by atoms with Crippen LogP contribution in [0.25, 0.3) is 0 Å². The number of hydrogen-bond donors (Lipinski definition) is 1. The molecule has 7 heteroatoms. The van der Waals surface area contributed by atoms with Crippen LogP contribution in [-0.2, 0) is 48.4 Å². The van der Waals surface area contributed by atoms with Crippen molar-refractivity contribution in [2.75, 3.05) is 0 Å². The van der Waals surface area contributed by atoms with E-state index in [9.17, 15) is 14.7 Å². The van der Waals surface area contributed by atoms with Gasteiger partial charge in [-0.15, -0.1) is 0 Å². The number of aliphatic hydroxyl groups excluding tert-OH is 1. The molecule has 0 heterocycles. The normalized spacial score (nSPS) is 23.8. The number of ketones is 1. The summed E-state index contributed by atoms with van der Waals surface area (Å²) in [5, 5.41) is 11.1. The van der Waals surface area contributed by atoms with E-state index in [1.807, 2.05) is 91.0 Å². The van der Waals surface area contributed by atoms with Crippen molar-refractivity contribution in [3.8, 4) is 0 Å². The fourth-order valence-electron chi connectivity index (χ4n) is 4.18. The van der Waals surface area contributed by atoms with Crippen LogP contribution in [0.2, 0.25) is 0 Å². The topological polar surface area (TPSA) is 91.3 Å². The third-order valence-corrected chi connectivity index (χ3v) is 5.97. The molecule has 0 radical (unpaired) electrons. The molecule has 3 aromatic carbocycles. The first-order chi connectivity index (χ1) is 17.5. The van der Waals surface area contributed by atoms with Crippen LogP contribution in [0.4, 0.5) is 0 Å². The number of benzene rings is 3. The zero-order valence-electron chi connectivity index (χ0n) is 20.1. The maximum Gasteiger partial charge on any atom is 0.303 e. The average molecular weight is 491 g/mol. The van der Waals surface area contributed by atoms with Crippen molar-refractivity contribution in [2.45, 2.75) is 57.3 Å². The zero-order chi connectivity index (χ0) is 25.3. The summed E-state index contributed by atoms with van der Waals surface area (Å²) in [5.41, 5.74) is 2.64. The molecule has 7 nitrogen and oxygen atoms in total. The standard InChI is InChI=1S/C29H30O7/c1-20(30)36-26-24(31)27(33-17-21-11-5-2-6-12-21)29(35-19-23-15-9-4-10-16-23)28(25(26)32)34-18-22-13-7-3-8-14-22/h2-16,24,26-29,31H,17-19H2,1H3/t24-,26+,27-,28+,29+/m0/s1. The molecule has 1 saturated carbocycles. The number of esters is 1. The monoisotopic (exact) mass is 490 g/mol. The van der Waals surface area contributed by atoms with E-state index >= 15 is 0 Å². The van der Waals surface area contributed by atoms with E-state index < -0.39 is 42.3 Å². The van der Waals surface area contributed by atoms with Crippen molar-refractivity contribution in [3.63, 3.8) is 0 Å². The highest BCUT2D eigenvalue weighted by Crippen LogP contribution is 2.30. The van der Waals surface area contributed by atoms with E-state index in [1.54, 1.807) is 0 Å². The van der Waals surface area contributed by atoms with Crippen molar-refractivity contribution < 1.29 is 33.6 Å². The molecule has 0 bridgehead atoms. The number of aliphatic hydroxyl groups is 1. The van der Waals surface area contributed by atoms with E-state index in [0.717, 1.165) is 16.7 Å². The summed E-state index contributed by atoms with van der Waals surface area (Å²) in [5.74, 6) is -1.24. The van der Waals surface area contributed by atoms with Crippen LogP contribution in [0.1, 0.15) is 23.6 Å². The summed E-state index contributed by atoms with van der Waals surface area (Å²) in [6.07, 6.45) is -5.91. The van der Waals surface area contributed by atoms with E-state index in [4.69, 9.17) is 18.9 Å². The van der Waals surface area contributed by atoms with E-state index in [1.165, 1.54) is 6.92 Å². The van der Waals surface area contributed by atoms with Crippen LogP contribution in [-0.4, -0.2) is 47.4 Å². The first kappa shape index (κ1) is 25.7. The van der Waals surface area contributed by atoms with Gasteiger partial charge < -0.3 is 24.1 Å². The molecule has 188 valence electrons. The molecule has 1 N–H and O–H groups in total. The Morgan fingerprint density at radius 1 is 0.667 bits per heavy atom. The second-order valence-electron chi connectivity index (χ2n) is 8.66. The summed E-state index contributed by atoms with van der Waals surface area (Å²) in [6, 6.07) is 28.4. The van der Waals surface area contributed by atoms with Gasteiger partial charge in [0.25, 0.3) is 0 Å². The largest absolute Gasteiger partial charge is 0.452 e. The summed E-state index contributed by atoms with van der Waals surface area (Å²) in [4.78, 5) is 25.2. The minimum Gasteiger partial charge on any atom is -0.452 e. The Bertz CT molecular complexity index is 1100. The lowest BCUT2D eigenvalue weighted by molar-refractivity contribution is -0.225. The van der Waals surface area contributed by atoms with Gasteiger partial charge in [0, 0.05) is 6.92 Å². The zero-order valence-corrected chi connectivity index (χ0v) is 20.1. The molecule has 1 fully saturated rings. The molecule has 0 spiro atoms. The Labute approximate surface area is 210 Å². The van der Waals surface area contributed by atoms with Gasteiger partial charge in [0.1, 0.15) is 24.4 Å². The molecule has 36 heavy (non-hydrogen) atoms. The van der Waals surface area contributed by atoms with Gasteiger partial charge in [0.05, 0.1) is 19.8 Å². The van der Waals surface area contributed by atoms with Gasteiger partial charge in [-0.2, -0.15) is 0 Å². The average Bonchev–Trinajstić information content (AvgIpc) is 2.90. The second-order valence-corrected chi connectivity index (χ2v) is 8.66. The number of rotatable bonds is 10. The molecule has 0 aromatic heterocycles. The molecule has 0 aliphatic heterocycles. The third kappa shape index (κ3) is 6.65. The first-order valence-electron chi connectivity index (χ1n) is 11.9. The van der Waals surface area contributed by atoms with Crippen molar-refractivity contribution in [3.05, 3.63) is 108 Å². The van der Waals surface area contributed by atoms with Gasteiger partial charge >= 0.3 is 5.97 Å². The number of carbonyl (C=O) groups is 2. The minimum atomic E-state index is -1.43. The maximum absolute atomic E-state index is 13.4. The minimum absolute atomic E-state index is 0.136. The Hall–Kier alpha value is -3.36. The molecule has 0 saturated heterocycles. The summed E-state index contributed by atoms with van der Waals surface area (Å²) in [6.45, 7) is 1.68. The van der Waals surface area contributed by atoms with Crippen molar-refractivity contribution in [1.82, 2.24) is 0 Å². The second kappa shape index (κ2) is 12.6. The Morgan fingerprint density at radius 2 is 1.08 bits per heavy atom. The van der Waals surface area contributed by atoms with E-state index in [0.29, 0.717) is 0 Å². The van der Waals surface area contributed by atoms with Crippen LogP contribution in [0.5, 0.6) is 0 Å². The van der Waals surface area contributed by atoms with Crippen LogP contribution in [0.3, 0.4) is 0 Å². The number of carbonyl (C=O) groups excluding carboxylic acids is 2. The smallest absolute Gasteiger partial charge is 0.303 e. The lowest BCUT2D eigenvalue weighted by Crippen LogP contribution is -2.64. The Balaban J connectivity index is 1.61. The van der Waals surface area contributed by atoms with Gasteiger partial charge in [-0.3, -0.25) is 9.59 Å². The van der Waals surface area contributed by atoms with Gasteiger partial charge in [-0.1, -0.05) is 91.0 Å². The van der Waals surface area contributed by atoms with Crippen LogP contribution >= 0.6 is 0 Å². The van der Waals surface area contributed by atoms with Crippen molar-refractivity contribution in [2.24, 2.45) is 0 Å². The molecular formula is C29H30O7. The molecule has 3 aromatic rings. The molecule has 0 unspecified atom stereocenters. The fourth-order valence-corrected chi connectivity index (χ4v) is 4.18. The number of ether oxygens (including phenoxy) is 4. The molecule has 5 atom stereocenters. The van der Waals surface area contributed by atoms with Crippen LogP contribution < -0.4 is 0 Å². The predicted octanol–water partition coefficient (Wildman–Crippen LogP) is 3.62.